The molecular formula is C15H16F3N3O. The van der Waals surface area contributed by atoms with Crippen molar-refractivity contribution in [3.05, 3.63) is 35.5 Å². The lowest BCUT2D eigenvalue weighted by Gasteiger charge is -2.33. The number of aromatic nitrogens is 1. The summed E-state index contributed by atoms with van der Waals surface area (Å²) in [5.41, 5.74) is 3.02. The average molecular weight is 311 g/mol. The van der Waals surface area contributed by atoms with Gasteiger partial charge in [-0.3, -0.25) is 0 Å². The molecule has 2 heterocycles. The molecule has 0 spiro atoms. The molecule has 1 atom stereocenters. The number of H-pyrrole nitrogens is 1. The van der Waals surface area contributed by atoms with Crippen LogP contribution >= 0.6 is 0 Å². The first-order valence-corrected chi connectivity index (χ1v) is 7.07. The number of nitrogens with one attached hydrogen (secondary N) is 2. The number of para-hydroxylation sites is 1. The van der Waals surface area contributed by atoms with E-state index in [4.69, 9.17) is 0 Å². The fourth-order valence-corrected chi connectivity index (χ4v) is 2.98. The molecule has 0 fully saturated rings. The Morgan fingerprint density at radius 2 is 2.14 bits per heavy atom. The number of nitrogens with zero attached hydrogens (tertiary/aromatic N) is 1. The van der Waals surface area contributed by atoms with E-state index in [1.165, 1.54) is 4.90 Å². The normalized spacial score (nSPS) is 18.4. The van der Waals surface area contributed by atoms with Gasteiger partial charge < -0.3 is 15.2 Å². The van der Waals surface area contributed by atoms with E-state index < -0.39 is 18.8 Å². The van der Waals surface area contributed by atoms with Crippen LogP contribution in [0.5, 0.6) is 0 Å². The van der Waals surface area contributed by atoms with E-state index in [9.17, 15) is 18.0 Å². The van der Waals surface area contributed by atoms with Gasteiger partial charge in [0.05, 0.1) is 6.04 Å². The molecule has 3 rings (SSSR count). The predicted octanol–water partition coefficient (Wildman–Crippen LogP) is 3.36. The van der Waals surface area contributed by atoms with Gasteiger partial charge in [-0.2, -0.15) is 13.2 Å². The van der Waals surface area contributed by atoms with Crippen molar-refractivity contribution in [3.63, 3.8) is 0 Å². The van der Waals surface area contributed by atoms with Crippen LogP contribution in [0.3, 0.4) is 0 Å². The Labute approximate surface area is 125 Å². The SMILES string of the molecule is CC1c2[nH]c3ccccc3c2CCN1C(=O)NCC(F)(F)F. The lowest BCUT2D eigenvalue weighted by molar-refractivity contribution is -0.123. The third-order valence-corrected chi connectivity index (χ3v) is 4.04. The van der Waals surface area contributed by atoms with Crippen molar-refractivity contribution in [1.29, 1.82) is 0 Å². The number of amides is 2. The standard InChI is InChI=1S/C15H16F3N3O/c1-9-13-11(10-4-2-3-5-12(10)20-13)6-7-21(9)14(22)19-8-15(16,17)18/h2-5,9,20H,6-8H2,1H3,(H,19,22). The van der Waals surface area contributed by atoms with Crippen LogP contribution in [0.1, 0.15) is 24.2 Å². The van der Waals surface area contributed by atoms with Gasteiger partial charge in [0.15, 0.2) is 0 Å². The summed E-state index contributed by atoms with van der Waals surface area (Å²) in [5.74, 6) is 0. The van der Waals surface area contributed by atoms with Crippen molar-refractivity contribution in [1.82, 2.24) is 15.2 Å². The van der Waals surface area contributed by atoms with Gasteiger partial charge in [0.25, 0.3) is 0 Å². The van der Waals surface area contributed by atoms with Gasteiger partial charge in [-0.05, 0) is 25.0 Å². The van der Waals surface area contributed by atoms with Gasteiger partial charge in [-0.15, -0.1) is 0 Å². The predicted molar refractivity (Wildman–Crippen MR) is 76.6 cm³/mol. The van der Waals surface area contributed by atoms with Gasteiger partial charge in [-0.25, -0.2) is 4.79 Å². The number of benzene rings is 1. The number of aromatic amines is 1. The first-order chi connectivity index (χ1) is 10.4. The molecule has 1 unspecified atom stereocenters. The molecule has 4 nitrogen and oxygen atoms in total. The highest BCUT2D eigenvalue weighted by Crippen LogP contribution is 2.34. The van der Waals surface area contributed by atoms with Crippen molar-refractivity contribution < 1.29 is 18.0 Å². The fourth-order valence-electron chi connectivity index (χ4n) is 2.98. The molecule has 1 aromatic carbocycles. The van der Waals surface area contributed by atoms with E-state index in [2.05, 4.69) is 4.98 Å². The Bertz CT molecular complexity index is 708. The van der Waals surface area contributed by atoms with Gasteiger partial charge in [0.2, 0.25) is 0 Å². The molecule has 0 saturated heterocycles. The minimum absolute atomic E-state index is 0.288. The number of alkyl halides is 3. The second-order valence-electron chi connectivity index (χ2n) is 5.46. The lowest BCUT2D eigenvalue weighted by atomic mass is 9.98. The van der Waals surface area contributed by atoms with Gasteiger partial charge in [-0.1, -0.05) is 18.2 Å². The molecule has 2 N–H and O–H groups in total. The highest BCUT2D eigenvalue weighted by atomic mass is 19.4. The van der Waals surface area contributed by atoms with E-state index >= 15 is 0 Å². The van der Waals surface area contributed by atoms with Crippen LogP contribution in [0.2, 0.25) is 0 Å². The van der Waals surface area contributed by atoms with Crippen LogP contribution in [0, 0.1) is 0 Å². The van der Waals surface area contributed by atoms with Crippen LogP contribution in [0.4, 0.5) is 18.0 Å². The first kappa shape index (κ1) is 14.7. The van der Waals surface area contributed by atoms with Crippen LogP contribution < -0.4 is 5.32 Å². The molecule has 1 aliphatic rings. The Kier molecular flexibility index (Phi) is 3.50. The molecule has 1 aromatic heterocycles. The van der Waals surface area contributed by atoms with Crippen LogP contribution in [0.25, 0.3) is 10.9 Å². The monoisotopic (exact) mass is 311 g/mol. The summed E-state index contributed by atoms with van der Waals surface area (Å²) in [7, 11) is 0. The molecule has 2 amide bonds. The van der Waals surface area contributed by atoms with E-state index in [0.717, 1.165) is 22.2 Å². The molecule has 22 heavy (non-hydrogen) atoms. The van der Waals surface area contributed by atoms with E-state index in [1.54, 1.807) is 0 Å². The Morgan fingerprint density at radius 3 is 2.86 bits per heavy atom. The fraction of sp³-hybridized carbons (Fsp3) is 0.400. The largest absolute Gasteiger partial charge is 0.405 e. The van der Waals surface area contributed by atoms with Crippen molar-refractivity contribution in [3.8, 4) is 0 Å². The molecule has 0 radical (unpaired) electrons. The van der Waals surface area contributed by atoms with Gasteiger partial charge >= 0.3 is 12.2 Å². The summed E-state index contributed by atoms with van der Waals surface area (Å²) >= 11 is 0. The number of hydrogen-bond donors (Lipinski definition) is 2. The molecule has 0 aliphatic carbocycles. The number of carbonyl (C=O) groups excluding carboxylic acids is 1. The summed E-state index contributed by atoms with van der Waals surface area (Å²) in [6.45, 7) is 0.912. The summed E-state index contributed by atoms with van der Waals surface area (Å²) in [6.07, 6.45) is -3.77. The second kappa shape index (κ2) is 5.23. The van der Waals surface area contributed by atoms with Crippen molar-refractivity contribution in [2.45, 2.75) is 25.6 Å². The maximum absolute atomic E-state index is 12.2. The zero-order valence-corrected chi connectivity index (χ0v) is 12.0. The number of hydrogen-bond acceptors (Lipinski definition) is 1. The number of fused-ring (bicyclic) bond motifs is 3. The summed E-state index contributed by atoms with van der Waals surface area (Å²) in [6, 6.07) is 6.86. The zero-order valence-electron chi connectivity index (χ0n) is 12.0. The highest BCUT2D eigenvalue weighted by molar-refractivity contribution is 5.86. The number of rotatable bonds is 1. The third kappa shape index (κ3) is 2.63. The van der Waals surface area contributed by atoms with E-state index in [0.29, 0.717) is 13.0 Å². The molecule has 118 valence electrons. The number of halogens is 3. The van der Waals surface area contributed by atoms with Crippen molar-refractivity contribution >= 4 is 16.9 Å². The van der Waals surface area contributed by atoms with Crippen molar-refractivity contribution in [2.75, 3.05) is 13.1 Å². The van der Waals surface area contributed by atoms with Gasteiger partial charge in [0, 0.05) is 23.1 Å². The molecule has 0 saturated carbocycles. The summed E-state index contributed by atoms with van der Waals surface area (Å²) in [5, 5.41) is 3.05. The summed E-state index contributed by atoms with van der Waals surface area (Å²) < 4.78 is 36.7. The maximum atomic E-state index is 12.2. The van der Waals surface area contributed by atoms with Gasteiger partial charge in [0.1, 0.15) is 6.54 Å². The third-order valence-electron chi connectivity index (χ3n) is 4.04. The van der Waals surface area contributed by atoms with E-state index in [1.807, 2.05) is 36.5 Å². The van der Waals surface area contributed by atoms with Crippen LogP contribution in [-0.4, -0.2) is 35.2 Å². The number of carbonyl (C=O) groups is 1. The second-order valence-corrected chi connectivity index (χ2v) is 5.46. The molecule has 1 aliphatic heterocycles. The number of urea groups is 1. The maximum Gasteiger partial charge on any atom is 0.405 e. The Morgan fingerprint density at radius 1 is 1.41 bits per heavy atom. The zero-order chi connectivity index (χ0) is 15.9. The quantitative estimate of drug-likeness (QED) is 0.833. The molecular weight excluding hydrogens is 295 g/mol. The Hall–Kier alpha value is -2.18. The smallest absolute Gasteiger partial charge is 0.356 e. The highest BCUT2D eigenvalue weighted by Gasteiger charge is 2.33. The topological polar surface area (TPSA) is 48.1 Å². The summed E-state index contributed by atoms with van der Waals surface area (Å²) in [4.78, 5) is 16.7. The van der Waals surface area contributed by atoms with Crippen LogP contribution in [0.15, 0.2) is 24.3 Å². The minimum atomic E-state index is -4.40. The van der Waals surface area contributed by atoms with E-state index in [-0.39, 0.29) is 6.04 Å². The van der Waals surface area contributed by atoms with Crippen molar-refractivity contribution in [2.24, 2.45) is 0 Å². The minimum Gasteiger partial charge on any atom is -0.356 e. The lowest BCUT2D eigenvalue weighted by Crippen LogP contribution is -2.47. The average Bonchev–Trinajstić information content (AvgIpc) is 2.84. The molecule has 2 aromatic rings. The first-order valence-electron chi connectivity index (χ1n) is 7.07. The molecule has 0 bridgehead atoms. The Balaban J connectivity index is 1.82. The molecule has 7 heteroatoms. The van der Waals surface area contributed by atoms with Crippen LogP contribution in [-0.2, 0) is 6.42 Å².